The first-order valence-electron chi connectivity index (χ1n) is 49.1. The fourth-order valence-electron chi connectivity index (χ4n) is 17.3. The molecule has 1 fully saturated rings. The van der Waals surface area contributed by atoms with Crippen LogP contribution in [0.2, 0.25) is 0 Å². The quantitative estimate of drug-likeness (QED) is 0.0135. The maximum absolute atomic E-state index is 14.9. The lowest BCUT2D eigenvalue weighted by molar-refractivity contribution is -0.146. The van der Waals surface area contributed by atoms with E-state index in [4.69, 9.17) is 47.7 Å². The molecule has 4 aromatic carbocycles. The number of aliphatic carboxylic acids is 5. The fourth-order valence-corrected chi connectivity index (χ4v) is 19.6. The lowest BCUT2D eigenvalue weighted by Crippen LogP contribution is -2.59. The van der Waals surface area contributed by atoms with Crippen molar-refractivity contribution in [2.45, 2.75) is 244 Å². The maximum atomic E-state index is 14.9. The topological polar surface area (TPSA) is 625 Å². The second kappa shape index (κ2) is 60.9. The first kappa shape index (κ1) is 122. The van der Waals surface area contributed by atoms with Gasteiger partial charge in [-0.2, -0.15) is 4.67 Å². The van der Waals surface area contributed by atoms with Crippen molar-refractivity contribution in [1.29, 1.82) is 0 Å². The van der Waals surface area contributed by atoms with Gasteiger partial charge in [0.25, 0.3) is 5.91 Å². The first-order chi connectivity index (χ1) is 69.3. The molecule has 47 heteroatoms. The van der Waals surface area contributed by atoms with E-state index in [9.17, 15) is 112 Å². The second-order valence-electron chi connectivity index (χ2n) is 37.0. The number of ether oxygens (including phenoxy) is 6. The van der Waals surface area contributed by atoms with Gasteiger partial charge in [-0.1, -0.05) is 151 Å². The number of aliphatic hydroxyl groups excluding tert-OH is 1. The highest BCUT2D eigenvalue weighted by molar-refractivity contribution is 7.50. The van der Waals surface area contributed by atoms with E-state index >= 15 is 0 Å². The Morgan fingerprint density at radius 2 is 1.14 bits per heavy atom. The minimum atomic E-state index is -5.06. The van der Waals surface area contributed by atoms with E-state index in [0.29, 0.717) is 67.8 Å². The van der Waals surface area contributed by atoms with Gasteiger partial charge < -0.3 is 110 Å². The Morgan fingerprint density at radius 1 is 0.562 bits per heavy atom. The smallest absolute Gasteiger partial charge is 0.406 e. The second-order valence-corrected chi connectivity index (χ2v) is 40.5. The number of benzene rings is 4. The summed E-state index contributed by atoms with van der Waals surface area (Å²) < 4.78 is 73.4. The number of carboxylic acid groups (broad SMARTS) is 5. The highest BCUT2D eigenvalue weighted by atomic mass is 31.2. The number of likely N-dealkylation sites (N-methyl/N-ethyl adjacent to an activating group) is 2. The van der Waals surface area contributed by atoms with Crippen LogP contribution in [0.4, 0.5) is 5.69 Å². The summed E-state index contributed by atoms with van der Waals surface area (Å²) >= 11 is 0. The van der Waals surface area contributed by atoms with Crippen molar-refractivity contribution >= 4 is 104 Å². The number of carboxylic acids is 5. The third kappa shape index (κ3) is 38.1. The van der Waals surface area contributed by atoms with Crippen molar-refractivity contribution in [1.82, 2.24) is 61.1 Å². The number of hydrogen-bond donors (Lipinski definition) is 14. The molecule has 808 valence electrons. The number of methoxy groups -OCH3 is 2. The average molecular weight is 2090 g/mol. The molecule has 0 bridgehead atoms. The SMILES string of the molecule is CC[C@H](C)[C@@H]([C@@H](CC(=O)N1CCC([C@H](OC)[C@@H](C)C(=O)N[C@H](C)[C@@H](O)c2ccccc2)C1)OC)N(C)C(=O)[C@@H](NC(=O)C(C(C)C)N(C)P(=O)(O)OC[C@H](NC(=O)c1ccc(CCCCCn2nnc3c2-c2ccccc2CN(C(=O)CCC(=O)CCOCCOCCOCCOCCC(=O)N[C@@H](CCC(=O)N[C@H](CCCOP(=O)(O)N[C@@H](CCC(=O)O)C(=O)O)C(=O)O)C(=O)O)c2ccccc2-3)cc1)C(=O)O)C(C)C. The molecular formula is C99H145N13O32P2. The highest BCUT2D eigenvalue weighted by Gasteiger charge is 2.46. The number of nitrogens with one attached hydrogen (secondary N) is 6. The molecule has 2 aliphatic heterocycles. The summed E-state index contributed by atoms with van der Waals surface area (Å²) in [5, 5.41) is 82.2. The predicted octanol–water partition coefficient (Wildman–Crippen LogP) is 7.20. The van der Waals surface area contributed by atoms with Crippen LogP contribution < -0.4 is 36.6 Å². The van der Waals surface area contributed by atoms with Gasteiger partial charge in [0, 0.05) is 102 Å². The molecule has 14 N–H and O–H groups in total. The lowest BCUT2D eigenvalue weighted by atomic mass is 9.89. The van der Waals surface area contributed by atoms with Crippen LogP contribution in [0.1, 0.15) is 191 Å². The van der Waals surface area contributed by atoms with E-state index in [-0.39, 0.29) is 145 Å². The summed E-state index contributed by atoms with van der Waals surface area (Å²) in [5.74, 6) is -14.5. The number of likely N-dealkylation sites (tertiary alicyclic amines) is 1. The standard InChI is InChI=1S/C99H145N13O32P2/c1-13-63(6)88(79(137-11)57-83(117)110-47-43-70(58-110)91(138-12)64(7)92(121)100-65(8)90(120)67-26-17-14-18-27-67)108(9)95(124)85(61(2)3)104-94(123)87(62(4)5)109(10)146(135,136)144-60-77(99(131)132)103-93(122)68-35-33-66(34-36-68)25-16-15-23-46-112-89-72-29-20-19-28-69(72)59-111(78-32-22-21-30-73(78)86(89)105-107-112)82(116)41-37-71(113)44-49-139-51-53-141-55-56-142-54-52-140-50-45-81(115)102-75(97(127)128)38-40-80(114)101-74(96(125)126)31-24-48-143-145(133,134)106-76(98(129)130)39-42-84(118)119/h14,17-22,26-30,32-36,61-65,70,74-77,79,85,87-88,90-91,120H,13,15-16,23-25,31,37-60H2,1-12H3,(H,100,121)(H,101,114)(H,102,115)(H,103,122)(H,104,123)(H,118,119)(H,125,126)(H,127,128)(H,129,130)(H,131,132)(H,135,136)(H2,106,133,134)/t63-,64+,65+,70?,74+,75-,76-,77-,79+,85-,87?,88-,90+,91+/m0/s1. The van der Waals surface area contributed by atoms with Crippen LogP contribution in [0.3, 0.4) is 0 Å². The third-order valence-corrected chi connectivity index (χ3v) is 28.4. The Bertz CT molecular complexity index is 5230. The van der Waals surface area contributed by atoms with Gasteiger partial charge in [-0.3, -0.25) is 61.8 Å². The first-order valence-corrected chi connectivity index (χ1v) is 52.2. The molecule has 3 heterocycles. The number of para-hydroxylation sites is 1. The molecule has 7 rings (SSSR count). The molecule has 45 nitrogen and oxygen atoms in total. The molecule has 0 radical (unpaired) electrons. The van der Waals surface area contributed by atoms with Crippen molar-refractivity contribution in [2.75, 3.05) is 112 Å². The molecule has 0 aliphatic carbocycles. The number of amides is 8. The largest absolute Gasteiger partial charge is 0.481 e. The number of aromatic nitrogens is 3. The zero-order valence-corrected chi connectivity index (χ0v) is 86.7. The Kier molecular flexibility index (Phi) is 50.7. The number of nitrogens with zero attached hydrogens (tertiary/aromatic N) is 7. The zero-order chi connectivity index (χ0) is 108. The van der Waals surface area contributed by atoms with Crippen LogP contribution in [0.25, 0.3) is 22.5 Å². The lowest BCUT2D eigenvalue weighted by Gasteiger charge is -2.40. The number of aliphatic hydroxyl groups is 1. The van der Waals surface area contributed by atoms with Gasteiger partial charge in [0.05, 0.1) is 127 Å². The number of ketones is 1. The molecule has 0 spiro atoms. The number of rotatable bonds is 69. The van der Waals surface area contributed by atoms with Gasteiger partial charge in [-0.15, -0.1) is 5.10 Å². The number of unbranched alkanes of at least 4 members (excludes halogenated alkanes) is 2. The third-order valence-electron chi connectivity index (χ3n) is 25.7. The van der Waals surface area contributed by atoms with Crippen LogP contribution in [-0.2, 0) is 128 Å². The maximum Gasteiger partial charge on any atom is 0.406 e. The Labute approximate surface area is 849 Å². The number of aryl methyl sites for hydroxylation is 2. The van der Waals surface area contributed by atoms with Crippen LogP contribution in [0, 0.1) is 29.6 Å². The average Bonchev–Trinajstić information content (AvgIpc) is 1.60. The van der Waals surface area contributed by atoms with Crippen molar-refractivity contribution < 1.29 is 154 Å². The Balaban J connectivity index is 0.786. The van der Waals surface area contributed by atoms with E-state index in [1.165, 1.54) is 31.3 Å². The summed E-state index contributed by atoms with van der Waals surface area (Å²) in [6.07, 6.45) is -1.44. The van der Waals surface area contributed by atoms with Gasteiger partial charge >= 0.3 is 45.3 Å². The molecule has 0 saturated carbocycles. The van der Waals surface area contributed by atoms with E-state index < -0.39 is 198 Å². The fraction of sp³-hybridized carbons (Fsp3) is 0.596. The van der Waals surface area contributed by atoms with Crippen LogP contribution in [0.5, 0.6) is 0 Å². The number of fused-ring (bicyclic) bond motifs is 5. The molecule has 2 aliphatic rings. The van der Waals surface area contributed by atoms with Crippen molar-refractivity contribution in [3.8, 4) is 22.5 Å². The van der Waals surface area contributed by atoms with Crippen LogP contribution in [-0.4, -0.2) is 321 Å². The van der Waals surface area contributed by atoms with Gasteiger partial charge in [-0.05, 0) is 118 Å². The Morgan fingerprint density at radius 3 is 1.74 bits per heavy atom. The molecule has 8 amide bonds. The summed E-state index contributed by atoms with van der Waals surface area (Å²) in [5.41, 5.74) is 5.96. The number of Topliss-reactive ketones (excluding diaryl/α,β-unsaturated/α-hetero) is 1. The van der Waals surface area contributed by atoms with Gasteiger partial charge in [0.2, 0.25) is 41.4 Å². The van der Waals surface area contributed by atoms with Gasteiger partial charge in [0.15, 0.2) is 6.04 Å². The van der Waals surface area contributed by atoms with E-state index in [1.54, 1.807) is 82.7 Å². The number of carbonyl (C=O) groups excluding carboxylic acids is 9. The Hall–Kier alpha value is -11.3. The van der Waals surface area contributed by atoms with Crippen molar-refractivity contribution in [3.05, 3.63) is 125 Å². The van der Waals surface area contributed by atoms with Gasteiger partial charge in [0.1, 0.15) is 41.7 Å². The van der Waals surface area contributed by atoms with E-state index in [1.807, 2.05) is 90.3 Å². The number of hydrogen-bond acceptors (Lipinski definition) is 27. The predicted molar refractivity (Wildman–Crippen MR) is 531 cm³/mol. The van der Waals surface area contributed by atoms with Gasteiger partial charge in [-0.25, -0.2) is 33.3 Å². The monoisotopic (exact) mass is 2090 g/mol. The number of carbonyl (C=O) groups is 14. The molecule has 16 atom stereocenters. The minimum Gasteiger partial charge on any atom is -0.481 e. The number of anilines is 1. The molecule has 4 unspecified atom stereocenters. The molecule has 5 aromatic rings. The zero-order valence-electron chi connectivity index (χ0n) is 84.9. The van der Waals surface area contributed by atoms with Crippen LogP contribution >= 0.6 is 15.5 Å². The van der Waals surface area contributed by atoms with Crippen molar-refractivity contribution in [2.24, 2.45) is 29.6 Å². The summed E-state index contributed by atoms with van der Waals surface area (Å²) in [6.45, 7) is 14.8. The normalized spacial score (nSPS) is 16.5. The van der Waals surface area contributed by atoms with E-state index in [0.717, 1.165) is 46.9 Å². The summed E-state index contributed by atoms with van der Waals surface area (Å²) in [4.78, 5) is 208. The summed E-state index contributed by atoms with van der Waals surface area (Å²) in [6, 6.07) is 20.1. The van der Waals surface area contributed by atoms with E-state index in [2.05, 4.69) is 31.8 Å². The molecule has 146 heavy (non-hydrogen) atoms. The molecule has 1 aromatic heterocycles. The van der Waals surface area contributed by atoms with Crippen LogP contribution in [0.15, 0.2) is 103 Å². The highest BCUT2D eigenvalue weighted by Crippen LogP contribution is 2.48. The molecule has 1 saturated heterocycles. The summed E-state index contributed by atoms with van der Waals surface area (Å²) in [7, 11) is -4.12. The van der Waals surface area contributed by atoms with Crippen molar-refractivity contribution in [3.63, 3.8) is 0 Å². The molecular weight excluding hydrogens is 1950 g/mol. The minimum absolute atomic E-state index is 0.0313.